The number of carbonyl (C=O) groups is 1. The molecule has 0 bridgehead atoms. The van der Waals surface area contributed by atoms with Gasteiger partial charge < -0.3 is 10.1 Å². The summed E-state index contributed by atoms with van der Waals surface area (Å²) in [6.45, 7) is 4.43. The van der Waals surface area contributed by atoms with Crippen LogP contribution in [0.5, 0.6) is 5.75 Å². The van der Waals surface area contributed by atoms with E-state index in [0.717, 1.165) is 23.6 Å². The van der Waals surface area contributed by atoms with Gasteiger partial charge in [0.05, 0.1) is 0 Å². The number of ether oxygens (including phenoxy) is 1. The van der Waals surface area contributed by atoms with Gasteiger partial charge in [0.1, 0.15) is 23.1 Å². The van der Waals surface area contributed by atoms with Crippen molar-refractivity contribution < 1.29 is 9.53 Å². The maximum atomic E-state index is 12.0. The first kappa shape index (κ1) is 16.8. The molecule has 0 saturated heterocycles. The standard InChI is InChI=1S/C16H19ClN2O2S/c1-3-4-11(2)18-16(20)14-10-22-15(19-14)9-21-13-7-5-12(17)6-8-13/h5-8,10-11H,3-4,9H2,1-2H3,(H,18,20). The number of benzene rings is 1. The van der Waals surface area contributed by atoms with Gasteiger partial charge in [0.2, 0.25) is 0 Å². The van der Waals surface area contributed by atoms with Crippen LogP contribution in [-0.4, -0.2) is 16.9 Å². The molecule has 1 unspecified atom stereocenters. The third-order valence-corrected chi connectivity index (χ3v) is 4.13. The first-order valence-corrected chi connectivity index (χ1v) is 8.48. The van der Waals surface area contributed by atoms with Crippen LogP contribution in [0.1, 0.15) is 42.2 Å². The van der Waals surface area contributed by atoms with E-state index in [1.54, 1.807) is 29.6 Å². The molecule has 0 fully saturated rings. The van der Waals surface area contributed by atoms with Gasteiger partial charge in [0.15, 0.2) is 0 Å². The zero-order chi connectivity index (χ0) is 15.9. The zero-order valence-corrected chi connectivity index (χ0v) is 14.2. The fraction of sp³-hybridized carbons (Fsp3) is 0.375. The third-order valence-electron chi connectivity index (χ3n) is 3.06. The topological polar surface area (TPSA) is 51.2 Å². The van der Waals surface area contributed by atoms with Crippen molar-refractivity contribution in [2.45, 2.75) is 39.3 Å². The van der Waals surface area contributed by atoms with Crippen LogP contribution in [0.4, 0.5) is 0 Å². The Balaban J connectivity index is 1.88. The van der Waals surface area contributed by atoms with Crippen LogP contribution >= 0.6 is 22.9 Å². The fourth-order valence-corrected chi connectivity index (χ4v) is 2.77. The molecule has 0 spiro atoms. The lowest BCUT2D eigenvalue weighted by Crippen LogP contribution is -2.32. The highest BCUT2D eigenvalue weighted by Gasteiger charge is 2.13. The summed E-state index contributed by atoms with van der Waals surface area (Å²) in [7, 11) is 0. The van der Waals surface area contributed by atoms with E-state index in [4.69, 9.17) is 16.3 Å². The van der Waals surface area contributed by atoms with Crippen molar-refractivity contribution in [2.24, 2.45) is 0 Å². The smallest absolute Gasteiger partial charge is 0.270 e. The largest absolute Gasteiger partial charge is 0.486 e. The molecule has 1 aromatic carbocycles. The molecule has 0 aliphatic heterocycles. The quantitative estimate of drug-likeness (QED) is 0.819. The molecule has 1 heterocycles. The summed E-state index contributed by atoms with van der Waals surface area (Å²) >= 11 is 7.24. The van der Waals surface area contributed by atoms with Crippen molar-refractivity contribution in [3.8, 4) is 5.75 Å². The SMILES string of the molecule is CCCC(C)NC(=O)c1csc(COc2ccc(Cl)cc2)n1. The summed E-state index contributed by atoms with van der Waals surface area (Å²) in [5, 5.41) is 6.13. The van der Waals surface area contributed by atoms with Gasteiger partial charge in [-0.3, -0.25) is 4.79 Å². The molecule has 1 aromatic heterocycles. The molecular formula is C16H19ClN2O2S. The van der Waals surface area contributed by atoms with Crippen molar-refractivity contribution in [3.05, 3.63) is 45.4 Å². The predicted octanol–water partition coefficient (Wildman–Crippen LogP) is 4.29. The van der Waals surface area contributed by atoms with E-state index in [-0.39, 0.29) is 11.9 Å². The second kappa shape index (κ2) is 8.15. The highest BCUT2D eigenvalue weighted by molar-refractivity contribution is 7.09. The lowest BCUT2D eigenvalue weighted by Gasteiger charge is -2.11. The molecule has 118 valence electrons. The van der Waals surface area contributed by atoms with Gasteiger partial charge in [0.25, 0.3) is 5.91 Å². The molecule has 0 radical (unpaired) electrons. The lowest BCUT2D eigenvalue weighted by molar-refractivity contribution is 0.0933. The van der Waals surface area contributed by atoms with Gasteiger partial charge in [-0.15, -0.1) is 11.3 Å². The average molecular weight is 339 g/mol. The Labute approximate surface area is 139 Å². The van der Waals surface area contributed by atoms with Crippen LogP contribution in [0.3, 0.4) is 0 Å². The number of amides is 1. The van der Waals surface area contributed by atoms with E-state index < -0.39 is 0 Å². The highest BCUT2D eigenvalue weighted by atomic mass is 35.5. The van der Waals surface area contributed by atoms with Crippen LogP contribution in [0, 0.1) is 0 Å². The Morgan fingerprint density at radius 3 is 2.82 bits per heavy atom. The second-order valence-electron chi connectivity index (χ2n) is 5.03. The van der Waals surface area contributed by atoms with E-state index in [2.05, 4.69) is 17.2 Å². The van der Waals surface area contributed by atoms with E-state index in [1.807, 2.05) is 6.92 Å². The molecule has 2 aromatic rings. The van der Waals surface area contributed by atoms with Gasteiger partial charge in [-0.05, 0) is 37.6 Å². The van der Waals surface area contributed by atoms with Crippen molar-refractivity contribution >= 4 is 28.8 Å². The van der Waals surface area contributed by atoms with Crippen LogP contribution in [0.25, 0.3) is 0 Å². The minimum Gasteiger partial charge on any atom is -0.486 e. The maximum Gasteiger partial charge on any atom is 0.270 e. The fourth-order valence-electron chi connectivity index (χ4n) is 1.96. The molecule has 6 heteroatoms. The normalized spacial score (nSPS) is 12.0. The van der Waals surface area contributed by atoms with Gasteiger partial charge in [0, 0.05) is 16.4 Å². The third kappa shape index (κ3) is 5.00. The Morgan fingerprint density at radius 2 is 2.14 bits per heavy atom. The van der Waals surface area contributed by atoms with Crippen molar-refractivity contribution in [3.63, 3.8) is 0 Å². The zero-order valence-electron chi connectivity index (χ0n) is 12.6. The number of rotatable bonds is 7. The molecule has 1 N–H and O–H groups in total. The Morgan fingerprint density at radius 1 is 1.41 bits per heavy atom. The Kier molecular flexibility index (Phi) is 6.21. The number of hydrogen-bond acceptors (Lipinski definition) is 4. The minimum absolute atomic E-state index is 0.130. The van der Waals surface area contributed by atoms with Crippen LogP contribution in [-0.2, 0) is 6.61 Å². The number of aromatic nitrogens is 1. The van der Waals surface area contributed by atoms with Gasteiger partial charge in [-0.1, -0.05) is 24.9 Å². The summed E-state index contributed by atoms with van der Waals surface area (Å²) in [6, 6.07) is 7.30. The van der Waals surface area contributed by atoms with E-state index in [1.165, 1.54) is 11.3 Å². The summed E-state index contributed by atoms with van der Waals surface area (Å²) in [6.07, 6.45) is 2.00. The second-order valence-corrected chi connectivity index (χ2v) is 6.41. The number of thiazole rings is 1. The maximum absolute atomic E-state index is 12.0. The summed E-state index contributed by atoms with van der Waals surface area (Å²) in [4.78, 5) is 16.3. The van der Waals surface area contributed by atoms with Crippen molar-refractivity contribution in [2.75, 3.05) is 0 Å². The molecule has 0 saturated carbocycles. The minimum atomic E-state index is -0.130. The highest BCUT2D eigenvalue weighted by Crippen LogP contribution is 2.18. The van der Waals surface area contributed by atoms with Crippen LogP contribution in [0.2, 0.25) is 5.02 Å². The number of halogens is 1. The van der Waals surface area contributed by atoms with E-state index in [0.29, 0.717) is 17.3 Å². The van der Waals surface area contributed by atoms with Crippen molar-refractivity contribution in [1.29, 1.82) is 0 Å². The first-order valence-electron chi connectivity index (χ1n) is 7.22. The van der Waals surface area contributed by atoms with Gasteiger partial charge in [-0.25, -0.2) is 4.98 Å². The monoisotopic (exact) mass is 338 g/mol. The van der Waals surface area contributed by atoms with Crippen LogP contribution in [0.15, 0.2) is 29.6 Å². The summed E-state index contributed by atoms with van der Waals surface area (Å²) in [5.74, 6) is 0.595. The Hall–Kier alpha value is -1.59. The molecule has 0 aliphatic rings. The number of nitrogens with zero attached hydrogens (tertiary/aromatic N) is 1. The predicted molar refractivity (Wildman–Crippen MR) is 89.7 cm³/mol. The lowest BCUT2D eigenvalue weighted by atomic mass is 10.2. The van der Waals surface area contributed by atoms with E-state index in [9.17, 15) is 4.79 Å². The molecule has 22 heavy (non-hydrogen) atoms. The Bertz CT molecular complexity index is 613. The molecule has 2 rings (SSSR count). The number of carbonyl (C=O) groups excluding carboxylic acids is 1. The number of hydrogen-bond donors (Lipinski definition) is 1. The van der Waals surface area contributed by atoms with E-state index >= 15 is 0 Å². The first-order chi connectivity index (χ1) is 10.6. The summed E-state index contributed by atoms with van der Waals surface area (Å²) in [5.41, 5.74) is 0.447. The molecule has 1 amide bonds. The average Bonchev–Trinajstić information content (AvgIpc) is 2.96. The molecule has 1 atom stereocenters. The molecule has 0 aliphatic carbocycles. The van der Waals surface area contributed by atoms with Gasteiger partial charge >= 0.3 is 0 Å². The summed E-state index contributed by atoms with van der Waals surface area (Å²) < 4.78 is 5.62. The van der Waals surface area contributed by atoms with Crippen molar-refractivity contribution in [1.82, 2.24) is 10.3 Å². The van der Waals surface area contributed by atoms with Gasteiger partial charge in [-0.2, -0.15) is 0 Å². The molecular weight excluding hydrogens is 320 g/mol. The van der Waals surface area contributed by atoms with Crippen LogP contribution < -0.4 is 10.1 Å². The number of nitrogens with one attached hydrogen (secondary N) is 1. The molecule has 4 nitrogen and oxygen atoms in total.